The Morgan fingerprint density at radius 3 is 2.62 bits per heavy atom. The number of hydrazine groups is 1. The van der Waals surface area contributed by atoms with Crippen molar-refractivity contribution in [1.29, 1.82) is 5.26 Å². The van der Waals surface area contributed by atoms with Crippen LogP contribution in [-0.2, 0) is 6.42 Å². The predicted molar refractivity (Wildman–Crippen MR) is 112 cm³/mol. The molecule has 148 valence electrons. The predicted octanol–water partition coefficient (Wildman–Crippen LogP) is 3.62. The first kappa shape index (κ1) is 18.7. The highest BCUT2D eigenvalue weighted by Gasteiger charge is 2.38. The van der Waals surface area contributed by atoms with Gasteiger partial charge in [0, 0.05) is 19.3 Å². The molecule has 2 aliphatic rings. The van der Waals surface area contributed by atoms with Gasteiger partial charge in [-0.15, -0.1) is 0 Å². The van der Waals surface area contributed by atoms with Crippen LogP contribution in [0, 0.1) is 11.3 Å². The van der Waals surface area contributed by atoms with Crippen molar-refractivity contribution < 1.29 is 4.79 Å². The number of benzene rings is 1. The van der Waals surface area contributed by atoms with E-state index >= 15 is 0 Å². The summed E-state index contributed by atoms with van der Waals surface area (Å²) in [6.07, 6.45) is 8.11. The van der Waals surface area contributed by atoms with Gasteiger partial charge in [0.1, 0.15) is 5.69 Å². The SMILES string of the molecule is CCN1C(=O)N(C)c2cnc(Nc3ccc(CC#N)cc3)nc2N1C1CC=CC1. The molecule has 29 heavy (non-hydrogen) atoms. The molecule has 0 spiro atoms. The van der Waals surface area contributed by atoms with Gasteiger partial charge >= 0.3 is 6.03 Å². The second-order valence-corrected chi connectivity index (χ2v) is 7.06. The number of aromatic nitrogens is 2. The Morgan fingerprint density at radius 2 is 1.97 bits per heavy atom. The molecular formula is C21H23N7O. The van der Waals surface area contributed by atoms with E-state index in [9.17, 15) is 4.79 Å². The van der Waals surface area contributed by atoms with Gasteiger partial charge < -0.3 is 5.32 Å². The largest absolute Gasteiger partial charge is 0.343 e. The van der Waals surface area contributed by atoms with Crippen LogP contribution in [0.25, 0.3) is 0 Å². The van der Waals surface area contributed by atoms with Crippen LogP contribution in [0.4, 0.5) is 27.9 Å². The smallest absolute Gasteiger partial charge is 0.324 e. The highest BCUT2D eigenvalue weighted by molar-refractivity contribution is 5.98. The van der Waals surface area contributed by atoms with Gasteiger partial charge in [0.05, 0.1) is 24.7 Å². The lowest BCUT2D eigenvalue weighted by Gasteiger charge is -2.45. The second kappa shape index (κ2) is 7.80. The van der Waals surface area contributed by atoms with Gasteiger partial charge in [-0.05, 0) is 37.5 Å². The normalized spacial score (nSPS) is 16.2. The van der Waals surface area contributed by atoms with Crippen molar-refractivity contribution in [2.24, 2.45) is 0 Å². The van der Waals surface area contributed by atoms with Crippen LogP contribution in [0.1, 0.15) is 25.3 Å². The summed E-state index contributed by atoms with van der Waals surface area (Å²) in [5.74, 6) is 1.19. The van der Waals surface area contributed by atoms with Gasteiger partial charge in [-0.25, -0.2) is 14.8 Å². The van der Waals surface area contributed by atoms with Crippen molar-refractivity contribution in [3.8, 4) is 6.07 Å². The summed E-state index contributed by atoms with van der Waals surface area (Å²) >= 11 is 0. The van der Waals surface area contributed by atoms with Crippen molar-refractivity contribution in [2.45, 2.75) is 32.2 Å². The van der Waals surface area contributed by atoms with E-state index in [4.69, 9.17) is 10.2 Å². The number of carbonyl (C=O) groups excluding carboxylic acids is 1. The Kier molecular flexibility index (Phi) is 5.04. The van der Waals surface area contributed by atoms with Crippen molar-refractivity contribution in [1.82, 2.24) is 15.0 Å². The summed E-state index contributed by atoms with van der Waals surface area (Å²) in [6, 6.07) is 9.86. The fourth-order valence-corrected chi connectivity index (χ4v) is 3.70. The molecular weight excluding hydrogens is 366 g/mol. The summed E-state index contributed by atoms with van der Waals surface area (Å²) in [6.45, 7) is 2.53. The average molecular weight is 389 g/mol. The molecule has 2 heterocycles. The molecule has 1 aliphatic heterocycles. The zero-order chi connectivity index (χ0) is 20.4. The molecule has 1 aliphatic carbocycles. The Labute approximate surface area is 170 Å². The number of hydrogen-bond acceptors (Lipinski definition) is 6. The fourth-order valence-electron chi connectivity index (χ4n) is 3.70. The van der Waals surface area contributed by atoms with Gasteiger partial charge in [0.2, 0.25) is 5.95 Å². The summed E-state index contributed by atoms with van der Waals surface area (Å²) < 4.78 is 0. The molecule has 1 N–H and O–H groups in total. The number of carbonyl (C=O) groups is 1. The van der Waals surface area contributed by atoms with Crippen molar-refractivity contribution in [3.63, 3.8) is 0 Å². The molecule has 0 atom stereocenters. The first-order valence-electron chi connectivity index (χ1n) is 9.71. The van der Waals surface area contributed by atoms with E-state index < -0.39 is 0 Å². The van der Waals surface area contributed by atoms with Crippen LogP contribution >= 0.6 is 0 Å². The van der Waals surface area contributed by atoms with Crippen LogP contribution in [0.15, 0.2) is 42.6 Å². The fraction of sp³-hybridized carbons (Fsp3) is 0.333. The summed E-state index contributed by atoms with van der Waals surface area (Å²) in [7, 11) is 1.75. The van der Waals surface area contributed by atoms with E-state index in [0.29, 0.717) is 24.6 Å². The van der Waals surface area contributed by atoms with Crippen LogP contribution in [0.2, 0.25) is 0 Å². The van der Waals surface area contributed by atoms with Crippen molar-refractivity contribution in [3.05, 3.63) is 48.2 Å². The zero-order valence-electron chi connectivity index (χ0n) is 16.5. The van der Waals surface area contributed by atoms with Crippen LogP contribution in [0.5, 0.6) is 0 Å². The lowest BCUT2D eigenvalue weighted by atomic mass is 10.1. The minimum atomic E-state index is -0.0794. The molecule has 0 saturated carbocycles. The highest BCUT2D eigenvalue weighted by Crippen LogP contribution is 2.37. The number of hydrogen-bond donors (Lipinski definition) is 1. The van der Waals surface area contributed by atoms with E-state index in [1.165, 1.54) is 0 Å². The number of fused-ring (bicyclic) bond motifs is 1. The number of urea groups is 1. The molecule has 4 rings (SSSR count). The molecule has 8 nitrogen and oxygen atoms in total. The first-order chi connectivity index (χ1) is 14.1. The summed E-state index contributed by atoms with van der Waals surface area (Å²) in [5, 5.41) is 15.8. The lowest BCUT2D eigenvalue weighted by Crippen LogP contribution is -2.59. The Hall–Kier alpha value is -3.60. The van der Waals surface area contributed by atoms with E-state index in [1.54, 1.807) is 23.2 Å². The average Bonchev–Trinajstić information content (AvgIpc) is 3.26. The highest BCUT2D eigenvalue weighted by atomic mass is 16.2. The van der Waals surface area contributed by atoms with E-state index in [0.717, 1.165) is 29.9 Å². The van der Waals surface area contributed by atoms with Gasteiger partial charge in [-0.3, -0.25) is 9.91 Å². The first-order valence-corrected chi connectivity index (χ1v) is 9.71. The molecule has 0 fully saturated rings. The third-order valence-electron chi connectivity index (χ3n) is 5.22. The van der Waals surface area contributed by atoms with Crippen molar-refractivity contribution in [2.75, 3.05) is 28.8 Å². The molecule has 0 saturated heterocycles. The maximum Gasteiger partial charge on any atom is 0.343 e. The third-order valence-corrected chi connectivity index (χ3v) is 5.22. The van der Waals surface area contributed by atoms with Crippen LogP contribution in [0.3, 0.4) is 0 Å². The number of nitrogens with one attached hydrogen (secondary N) is 1. The molecule has 2 aromatic rings. The van der Waals surface area contributed by atoms with Gasteiger partial charge in [0.25, 0.3) is 0 Å². The third kappa shape index (κ3) is 3.47. The molecule has 0 bridgehead atoms. The monoisotopic (exact) mass is 389 g/mol. The van der Waals surface area contributed by atoms with Crippen LogP contribution in [-0.4, -0.2) is 40.6 Å². The van der Waals surface area contributed by atoms with Crippen LogP contribution < -0.4 is 15.2 Å². The number of anilines is 4. The minimum Gasteiger partial charge on any atom is -0.324 e. The number of nitrogens with zero attached hydrogens (tertiary/aromatic N) is 6. The van der Waals surface area contributed by atoms with Gasteiger partial charge in [-0.1, -0.05) is 24.3 Å². The topological polar surface area (TPSA) is 88.4 Å². The molecule has 0 unspecified atom stereocenters. The van der Waals surface area contributed by atoms with Gasteiger partial charge in [-0.2, -0.15) is 10.2 Å². The number of rotatable bonds is 5. The minimum absolute atomic E-state index is 0.0794. The Balaban J connectivity index is 1.67. The summed E-state index contributed by atoms with van der Waals surface area (Å²) in [4.78, 5) is 23.6. The number of nitriles is 1. The zero-order valence-corrected chi connectivity index (χ0v) is 16.5. The Bertz CT molecular complexity index is 972. The maximum absolute atomic E-state index is 12.8. The molecule has 8 heteroatoms. The molecule has 1 aromatic heterocycles. The number of amides is 2. The lowest BCUT2D eigenvalue weighted by molar-refractivity contribution is 0.192. The molecule has 1 aromatic carbocycles. The Morgan fingerprint density at radius 1 is 1.24 bits per heavy atom. The standard InChI is InChI=1S/C21H23N7O/c1-3-27-21(29)26(2)18-14-23-20(24-16-10-8-15(9-11-16)12-13-22)25-19(18)28(27)17-6-4-5-7-17/h4-5,8-11,14,17H,3,6-7,12H2,1-2H3,(H,23,24,25). The maximum atomic E-state index is 12.8. The molecule has 2 amide bonds. The van der Waals surface area contributed by atoms with E-state index in [1.807, 2.05) is 36.2 Å². The van der Waals surface area contributed by atoms with E-state index in [2.05, 4.69) is 28.5 Å². The van der Waals surface area contributed by atoms with Crippen molar-refractivity contribution >= 4 is 29.2 Å². The summed E-state index contributed by atoms with van der Waals surface area (Å²) in [5.41, 5.74) is 2.50. The second-order valence-electron chi connectivity index (χ2n) is 7.06. The quantitative estimate of drug-likeness (QED) is 0.786. The van der Waals surface area contributed by atoms with E-state index in [-0.39, 0.29) is 12.1 Å². The van der Waals surface area contributed by atoms with Gasteiger partial charge in [0.15, 0.2) is 5.82 Å². The molecule has 0 radical (unpaired) electrons.